The fourth-order valence-corrected chi connectivity index (χ4v) is 2.90. The zero-order valence-electron chi connectivity index (χ0n) is 9.30. The van der Waals surface area contributed by atoms with Crippen molar-refractivity contribution >= 4 is 23.3 Å². The molecule has 17 heavy (non-hydrogen) atoms. The van der Waals surface area contributed by atoms with Crippen LogP contribution in [-0.2, 0) is 13.0 Å². The number of aliphatic hydroxyl groups excluding tert-OH is 1. The number of rotatable bonds is 6. The van der Waals surface area contributed by atoms with Gasteiger partial charge in [-0.3, -0.25) is 4.72 Å². The van der Waals surface area contributed by atoms with E-state index in [-0.39, 0.29) is 6.61 Å². The maximum atomic E-state index is 8.89. The maximum Gasteiger partial charge on any atom is 0.165 e. The highest BCUT2D eigenvalue weighted by atomic mass is 32.2. The van der Waals surface area contributed by atoms with Gasteiger partial charge in [-0.25, -0.2) is 4.98 Å². The van der Waals surface area contributed by atoms with Crippen LogP contribution in [0.15, 0.2) is 40.1 Å². The molecule has 1 heterocycles. The van der Waals surface area contributed by atoms with E-state index < -0.39 is 0 Å². The lowest BCUT2D eigenvalue weighted by Crippen LogP contribution is -2.08. The Morgan fingerprint density at radius 2 is 2.12 bits per heavy atom. The van der Waals surface area contributed by atoms with Crippen LogP contribution in [0.5, 0.6) is 0 Å². The zero-order valence-corrected chi connectivity index (χ0v) is 10.9. The van der Waals surface area contributed by atoms with Crippen LogP contribution in [0.25, 0.3) is 0 Å². The fraction of sp³-hybridized carbons (Fsp3) is 0.250. The Bertz CT molecular complexity index is 445. The molecule has 0 atom stereocenters. The first kappa shape index (κ1) is 12.6. The second kappa shape index (κ2) is 6.76. The Hall–Kier alpha value is -0.880. The summed E-state index contributed by atoms with van der Waals surface area (Å²) in [6.45, 7) is 0.920. The highest BCUT2D eigenvalue weighted by Crippen LogP contribution is 2.19. The predicted molar refractivity (Wildman–Crippen MR) is 72.0 cm³/mol. The van der Waals surface area contributed by atoms with Crippen molar-refractivity contribution in [2.75, 3.05) is 6.54 Å². The van der Waals surface area contributed by atoms with Crippen molar-refractivity contribution in [2.24, 2.45) is 0 Å². The summed E-state index contributed by atoms with van der Waals surface area (Å²) in [6, 6.07) is 10.4. The minimum absolute atomic E-state index is 0.0150. The molecule has 2 rings (SSSR count). The molecule has 0 fully saturated rings. The summed E-state index contributed by atoms with van der Waals surface area (Å²) in [4.78, 5) is 4.24. The molecule has 0 saturated heterocycles. The maximum absolute atomic E-state index is 8.89. The summed E-state index contributed by atoms with van der Waals surface area (Å²) in [5.41, 5.74) is 2.07. The predicted octanol–water partition coefficient (Wildman–Crippen LogP) is 2.47. The summed E-state index contributed by atoms with van der Waals surface area (Å²) >= 11 is 3.07. The molecule has 5 heteroatoms. The molecule has 90 valence electrons. The Morgan fingerprint density at radius 3 is 2.82 bits per heavy atom. The summed E-state index contributed by atoms with van der Waals surface area (Å²) in [6.07, 6.45) is 1.01. The van der Waals surface area contributed by atoms with Gasteiger partial charge in [0.2, 0.25) is 0 Å². The van der Waals surface area contributed by atoms with Gasteiger partial charge in [0.15, 0.2) is 4.34 Å². The molecule has 0 aliphatic rings. The van der Waals surface area contributed by atoms with Gasteiger partial charge in [0.05, 0.1) is 12.3 Å². The number of hydrogen-bond donors (Lipinski definition) is 2. The van der Waals surface area contributed by atoms with Crippen LogP contribution < -0.4 is 4.72 Å². The quantitative estimate of drug-likeness (QED) is 0.623. The lowest BCUT2D eigenvalue weighted by atomic mass is 10.2. The van der Waals surface area contributed by atoms with Crippen LogP contribution >= 0.6 is 23.3 Å². The van der Waals surface area contributed by atoms with Crippen molar-refractivity contribution in [1.29, 1.82) is 0 Å². The number of hydrogen-bond acceptors (Lipinski definition) is 5. The average Bonchev–Trinajstić information content (AvgIpc) is 2.84. The molecule has 0 aliphatic carbocycles. The fourth-order valence-electron chi connectivity index (χ4n) is 1.36. The zero-order chi connectivity index (χ0) is 11.9. The van der Waals surface area contributed by atoms with E-state index in [9.17, 15) is 0 Å². The molecule has 0 spiro atoms. The first-order valence-electron chi connectivity index (χ1n) is 5.37. The van der Waals surface area contributed by atoms with Gasteiger partial charge in [-0.05, 0) is 23.9 Å². The third kappa shape index (κ3) is 4.12. The molecule has 0 amide bonds. The number of aliphatic hydroxyl groups is 1. The van der Waals surface area contributed by atoms with Gasteiger partial charge >= 0.3 is 0 Å². The van der Waals surface area contributed by atoms with E-state index in [1.54, 1.807) is 11.3 Å². The average molecular weight is 266 g/mol. The number of aromatic nitrogens is 1. The van der Waals surface area contributed by atoms with Gasteiger partial charge in [0.25, 0.3) is 0 Å². The topological polar surface area (TPSA) is 45.1 Å². The van der Waals surface area contributed by atoms with E-state index in [0.29, 0.717) is 0 Å². The SMILES string of the molecule is OCc1csc(SNCCc2ccccc2)n1. The highest BCUT2D eigenvalue weighted by Gasteiger charge is 2.01. The van der Waals surface area contributed by atoms with E-state index in [0.717, 1.165) is 23.0 Å². The molecule has 3 nitrogen and oxygen atoms in total. The molecule has 0 saturated carbocycles. The summed E-state index contributed by atoms with van der Waals surface area (Å²) in [5, 5.41) is 10.8. The molecular weight excluding hydrogens is 252 g/mol. The van der Waals surface area contributed by atoms with Crippen molar-refractivity contribution < 1.29 is 5.11 Å². The normalized spacial score (nSPS) is 10.6. The van der Waals surface area contributed by atoms with Gasteiger partial charge in [0.1, 0.15) is 0 Å². The van der Waals surface area contributed by atoms with Crippen LogP contribution in [0.3, 0.4) is 0 Å². The Kier molecular flexibility index (Phi) is 5.00. The molecule has 1 aromatic carbocycles. The molecule has 0 aliphatic heterocycles. The van der Waals surface area contributed by atoms with E-state index in [4.69, 9.17) is 5.11 Å². The van der Waals surface area contributed by atoms with E-state index in [1.165, 1.54) is 17.5 Å². The first-order valence-corrected chi connectivity index (χ1v) is 7.07. The first-order chi connectivity index (χ1) is 8.38. The van der Waals surface area contributed by atoms with Crippen molar-refractivity contribution in [2.45, 2.75) is 17.4 Å². The van der Waals surface area contributed by atoms with Crippen LogP contribution in [0.4, 0.5) is 0 Å². The monoisotopic (exact) mass is 266 g/mol. The number of nitrogens with zero attached hydrogens (tertiary/aromatic N) is 1. The molecule has 2 N–H and O–H groups in total. The van der Waals surface area contributed by atoms with Gasteiger partial charge in [0, 0.05) is 11.9 Å². The van der Waals surface area contributed by atoms with Crippen LogP contribution in [0.2, 0.25) is 0 Å². The summed E-state index contributed by atoms with van der Waals surface area (Å²) in [5.74, 6) is 0. The second-order valence-electron chi connectivity index (χ2n) is 3.49. The lowest BCUT2D eigenvalue weighted by Gasteiger charge is -2.01. The number of thiazole rings is 1. The summed E-state index contributed by atoms with van der Waals surface area (Å²) in [7, 11) is 0. The number of benzene rings is 1. The van der Waals surface area contributed by atoms with Gasteiger partial charge in [-0.1, -0.05) is 30.3 Å². The highest BCUT2D eigenvalue weighted by molar-refractivity contribution is 7.99. The standard InChI is InChI=1S/C12H14N2OS2/c15-8-11-9-16-12(14-11)17-13-7-6-10-4-2-1-3-5-10/h1-5,9,13,15H,6-8H2. The van der Waals surface area contributed by atoms with Crippen LogP contribution in [0.1, 0.15) is 11.3 Å². The Morgan fingerprint density at radius 1 is 1.29 bits per heavy atom. The molecule has 0 bridgehead atoms. The Labute approximate surface area is 109 Å². The third-order valence-corrected chi connectivity index (χ3v) is 4.05. The van der Waals surface area contributed by atoms with E-state index >= 15 is 0 Å². The third-order valence-electron chi connectivity index (χ3n) is 2.21. The molecule has 0 unspecified atom stereocenters. The minimum Gasteiger partial charge on any atom is -0.390 e. The largest absolute Gasteiger partial charge is 0.390 e. The van der Waals surface area contributed by atoms with Gasteiger partial charge in [-0.2, -0.15) is 0 Å². The molecule has 0 radical (unpaired) electrons. The summed E-state index contributed by atoms with van der Waals surface area (Å²) < 4.78 is 4.22. The van der Waals surface area contributed by atoms with Crippen molar-refractivity contribution in [1.82, 2.24) is 9.71 Å². The number of nitrogens with one attached hydrogen (secondary N) is 1. The smallest absolute Gasteiger partial charge is 0.165 e. The molecule has 1 aromatic heterocycles. The lowest BCUT2D eigenvalue weighted by molar-refractivity contribution is 0.277. The van der Waals surface area contributed by atoms with E-state index in [2.05, 4.69) is 34.0 Å². The van der Waals surface area contributed by atoms with E-state index in [1.807, 2.05) is 11.4 Å². The van der Waals surface area contributed by atoms with Crippen molar-refractivity contribution in [3.8, 4) is 0 Å². The van der Waals surface area contributed by atoms with Crippen molar-refractivity contribution in [3.05, 3.63) is 47.0 Å². The van der Waals surface area contributed by atoms with Crippen LogP contribution in [0, 0.1) is 0 Å². The minimum atomic E-state index is 0.0150. The van der Waals surface area contributed by atoms with Gasteiger partial charge < -0.3 is 5.11 Å². The van der Waals surface area contributed by atoms with Crippen molar-refractivity contribution in [3.63, 3.8) is 0 Å². The molecular formula is C12H14N2OS2. The van der Waals surface area contributed by atoms with Gasteiger partial charge in [-0.15, -0.1) is 11.3 Å². The van der Waals surface area contributed by atoms with Crippen LogP contribution in [-0.4, -0.2) is 16.6 Å². The second-order valence-corrected chi connectivity index (χ2v) is 5.49. The Balaban J connectivity index is 1.69. The molecule has 2 aromatic rings.